The lowest BCUT2D eigenvalue weighted by molar-refractivity contribution is -0.130. The molecular weight excluding hydrogens is 320 g/mol. The molecule has 23 heavy (non-hydrogen) atoms. The maximum absolute atomic E-state index is 12.0. The van der Waals surface area contributed by atoms with Crippen LogP contribution in [0.4, 0.5) is 0 Å². The van der Waals surface area contributed by atoms with Gasteiger partial charge < -0.3 is 5.32 Å². The molecule has 2 N–H and O–H groups in total. The normalized spacial score (nSPS) is 15.3. The third-order valence-electron chi connectivity index (χ3n) is 3.42. The average molecular weight is 338 g/mol. The van der Waals surface area contributed by atoms with Gasteiger partial charge in [0.05, 0.1) is 4.90 Å². The van der Waals surface area contributed by atoms with Crippen LogP contribution >= 0.6 is 0 Å². The van der Waals surface area contributed by atoms with Gasteiger partial charge in [0.2, 0.25) is 15.9 Å². The molecule has 0 saturated heterocycles. The molecule has 9 heteroatoms. The van der Waals surface area contributed by atoms with Gasteiger partial charge >= 0.3 is 0 Å². The largest absolute Gasteiger partial charge is 0.347 e. The Kier molecular flexibility index (Phi) is 5.12. The number of hydrogen-bond donors (Lipinski definition) is 2. The van der Waals surface area contributed by atoms with E-state index in [2.05, 4.69) is 15.1 Å². The van der Waals surface area contributed by atoms with Crippen molar-refractivity contribution in [2.45, 2.75) is 24.3 Å². The monoisotopic (exact) mass is 338 g/mol. The third kappa shape index (κ3) is 4.14. The van der Waals surface area contributed by atoms with Crippen molar-refractivity contribution in [3.05, 3.63) is 29.8 Å². The first kappa shape index (κ1) is 17.1. The summed E-state index contributed by atoms with van der Waals surface area (Å²) in [4.78, 5) is 23.5. The minimum atomic E-state index is -3.47. The number of nitrogens with one attached hydrogen (secondary N) is 2. The highest BCUT2D eigenvalue weighted by Gasteiger charge is 2.21. The second kappa shape index (κ2) is 6.88. The Bertz CT molecular complexity index is 741. The summed E-state index contributed by atoms with van der Waals surface area (Å²) in [5, 5.41) is 7.80. The second-order valence-electron chi connectivity index (χ2n) is 5.00. The number of carbonyl (C=O) groups is 2. The molecule has 2 amide bonds. The van der Waals surface area contributed by atoms with Crippen LogP contribution in [0.15, 0.2) is 34.3 Å². The summed E-state index contributed by atoms with van der Waals surface area (Å²) in [5.74, 6) is -0.459. The summed E-state index contributed by atoms with van der Waals surface area (Å²) in [6.07, 6.45) is 0.577. The first-order valence-corrected chi connectivity index (χ1v) is 8.46. The maximum atomic E-state index is 12.0. The fourth-order valence-corrected chi connectivity index (χ4v) is 2.75. The molecule has 8 nitrogen and oxygen atoms in total. The van der Waals surface area contributed by atoms with Crippen LogP contribution in [0.1, 0.15) is 18.4 Å². The van der Waals surface area contributed by atoms with Gasteiger partial charge in [-0.25, -0.2) is 18.1 Å². The Hall–Kier alpha value is -2.26. The van der Waals surface area contributed by atoms with Gasteiger partial charge in [0, 0.05) is 26.4 Å². The van der Waals surface area contributed by atoms with E-state index in [0.29, 0.717) is 12.1 Å². The van der Waals surface area contributed by atoms with Crippen LogP contribution in [0.5, 0.6) is 0 Å². The SMILES string of the molecule is CNS(=O)(=O)c1ccc(CNC(=O)C2=NN(C)C(=O)CC2)cc1. The van der Waals surface area contributed by atoms with Crippen LogP contribution in [0.25, 0.3) is 0 Å². The van der Waals surface area contributed by atoms with Gasteiger partial charge in [0.1, 0.15) is 5.71 Å². The van der Waals surface area contributed by atoms with E-state index < -0.39 is 10.0 Å². The van der Waals surface area contributed by atoms with Gasteiger partial charge in [-0.15, -0.1) is 0 Å². The van der Waals surface area contributed by atoms with Gasteiger partial charge in [-0.3, -0.25) is 9.59 Å². The summed E-state index contributed by atoms with van der Waals surface area (Å²) in [7, 11) is -0.616. The summed E-state index contributed by atoms with van der Waals surface area (Å²) in [6.45, 7) is 0.245. The molecule has 1 aromatic rings. The highest BCUT2D eigenvalue weighted by molar-refractivity contribution is 7.89. The maximum Gasteiger partial charge on any atom is 0.267 e. The molecule has 0 radical (unpaired) electrons. The minimum absolute atomic E-state index is 0.122. The minimum Gasteiger partial charge on any atom is -0.347 e. The third-order valence-corrected chi connectivity index (χ3v) is 4.86. The zero-order chi connectivity index (χ0) is 17.0. The van der Waals surface area contributed by atoms with E-state index in [1.807, 2.05) is 0 Å². The van der Waals surface area contributed by atoms with E-state index in [-0.39, 0.29) is 29.7 Å². The molecular formula is C14H18N4O4S. The predicted molar refractivity (Wildman–Crippen MR) is 84.0 cm³/mol. The Morgan fingerprint density at radius 1 is 1.26 bits per heavy atom. The second-order valence-corrected chi connectivity index (χ2v) is 6.88. The molecule has 0 aliphatic carbocycles. The Balaban J connectivity index is 1.97. The van der Waals surface area contributed by atoms with Crippen LogP contribution in [0, 0.1) is 0 Å². The van der Waals surface area contributed by atoms with Crippen molar-refractivity contribution in [3.8, 4) is 0 Å². The lowest BCUT2D eigenvalue weighted by Gasteiger charge is -2.18. The van der Waals surface area contributed by atoms with Crippen LogP contribution in [-0.2, 0) is 26.2 Å². The number of carbonyl (C=O) groups excluding carboxylic acids is 2. The van der Waals surface area contributed by atoms with Gasteiger partial charge in [0.25, 0.3) is 5.91 Å². The number of sulfonamides is 1. The molecule has 1 aliphatic heterocycles. The first-order valence-electron chi connectivity index (χ1n) is 6.98. The zero-order valence-electron chi connectivity index (χ0n) is 12.9. The van der Waals surface area contributed by atoms with Crippen LogP contribution in [0.3, 0.4) is 0 Å². The number of nitrogens with zero attached hydrogens (tertiary/aromatic N) is 2. The molecule has 2 rings (SSSR count). The summed E-state index contributed by atoms with van der Waals surface area (Å²) >= 11 is 0. The summed E-state index contributed by atoms with van der Waals surface area (Å²) in [5.41, 5.74) is 1.07. The molecule has 124 valence electrons. The van der Waals surface area contributed by atoms with E-state index >= 15 is 0 Å². The highest BCUT2D eigenvalue weighted by Crippen LogP contribution is 2.11. The lowest BCUT2D eigenvalue weighted by Crippen LogP contribution is -2.37. The lowest BCUT2D eigenvalue weighted by atomic mass is 10.1. The molecule has 0 saturated carbocycles. The average Bonchev–Trinajstić information content (AvgIpc) is 2.55. The van der Waals surface area contributed by atoms with Gasteiger partial charge in [-0.05, 0) is 24.7 Å². The number of hydrazone groups is 1. The standard InChI is InChI=1S/C14H18N4O4S/c1-15-23(21,22)11-5-3-10(4-6-11)9-16-14(20)12-7-8-13(19)18(2)17-12/h3-6,15H,7-9H2,1-2H3,(H,16,20). The number of benzene rings is 1. The number of amides is 2. The molecule has 0 spiro atoms. The molecule has 1 heterocycles. The smallest absolute Gasteiger partial charge is 0.267 e. The van der Waals surface area contributed by atoms with Crippen molar-refractivity contribution >= 4 is 27.5 Å². The molecule has 0 bridgehead atoms. The van der Waals surface area contributed by atoms with Gasteiger partial charge in [-0.2, -0.15) is 5.10 Å². The molecule has 0 aromatic heterocycles. The fourth-order valence-electron chi connectivity index (χ4n) is 2.02. The molecule has 0 unspecified atom stereocenters. The Morgan fingerprint density at radius 2 is 1.91 bits per heavy atom. The van der Waals surface area contributed by atoms with E-state index in [4.69, 9.17) is 0 Å². The van der Waals surface area contributed by atoms with Crippen molar-refractivity contribution in [2.24, 2.45) is 5.10 Å². The zero-order valence-corrected chi connectivity index (χ0v) is 13.7. The van der Waals surface area contributed by atoms with Crippen molar-refractivity contribution in [1.29, 1.82) is 0 Å². The molecule has 0 atom stereocenters. The van der Waals surface area contributed by atoms with Crippen LogP contribution < -0.4 is 10.0 Å². The van der Waals surface area contributed by atoms with Gasteiger partial charge in [0.15, 0.2) is 0 Å². The van der Waals surface area contributed by atoms with Crippen LogP contribution in [0.2, 0.25) is 0 Å². The predicted octanol–water partition coefficient (Wildman–Crippen LogP) is -0.181. The summed E-state index contributed by atoms with van der Waals surface area (Å²) < 4.78 is 25.5. The molecule has 1 aliphatic rings. The number of hydrogen-bond acceptors (Lipinski definition) is 5. The highest BCUT2D eigenvalue weighted by atomic mass is 32.2. The molecule has 1 aromatic carbocycles. The first-order chi connectivity index (χ1) is 10.8. The Labute approximate surface area is 134 Å². The van der Waals surface area contributed by atoms with Crippen molar-refractivity contribution in [1.82, 2.24) is 15.0 Å². The summed E-state index contributed by atoms with van der Waals surface area (Å²) in [6, 6.07) is 6.20. The Morgan fingerprint density at radius 3 is 2.48 bits per heavy atom. The van der Waals surface area contributed by atoms with E-state index in [9.17, 15) is 18.0 Å². The van der Waals surface area contributed by atoms with E-state index in [1.54, 1.807) is 12.1 Å². The van der Waals surface area contributed by atoms with E-state index in [1.165, 1.54) is 26.2 Å². The number of rotatable bonds is 5. The van der Waals surface area contributed by atoms with Crippen molar-refractivity contribution in [3.63, 3.8) is 0 Å². The molecule has 0 fully saturated rings. The topological polar surface area (TPSA) is 108 Å². The van der Waals surface area contributed by atoms with E-state index in [0.717, 1.165) is 10.6 Å². The van der Waals surface area contributed by atoms with Gasteiger partial charge in [-0.1, -0.05) is 12.1 Å². The van der Waals surface area contributed by atoms with Crippen LogP contribution in [-0.4, -0.2) is 45.0 Å². The van der Waals surface area contributed by atoms with Crippen molar-refractivity contribution < 1.29 is 18.0 Å². The fraction of sp³-hybridized carbons (Fsp3) is 0.357. The quantitative estimate of drug-likeness (QED) is 0.776. The van der Waals surface area contributed by atoms with Crippen molar-refractivity contribution in [2.75, 3.05) is 14.1 Å².